The maximum absolute atomic E-state index is 12.2. The first-order valence-corrected chi connectivity index (χ1v) is 7.33. The van der Waals surface area contributed by atoms with Gasteiger partial charge in [0.15, 0.2) is 5.76 Å². The van der Waals surface area contributed by atoms with Crippen molar-refractivity contribution in [3.05, 3.63) is 59.6 Å². The lowest BCUT2D eigenvalue weighted by Crippen LogP contribution is -2.11. The van der Waals surface area contributed by atoms with Crippen molar-refractivity contribution in [2.45, 2.75) is 33.6 Å². The minimum Gasteiger partial charge on any atom is -0.498 e. The quantitative estimate of drug-likeness (QED) is 0.508. The van der Waals surface area contributed by atoms with Gasteiger partial charge in [0.25, 0.3) is 0 Å². The van der Waals surface area contributed by atoms with Gasteiger partial charge in [0.05, 0.1) is 13.2 Å². The van der Waals surface area contributed by atoms with E-state index < -0.39 is 0 Å². The maximum atomic E-state index is 12.2. The predicted molar refractivity (Wildman–Crippen MR) is 84.9 cm³/mol. The van der Waals surface area contributed by atoms with Gasteiger partial charge in [0.1, 0.15) is 5.76 Å². The van der Waals surface area contributed by atoms with Crippen LogP contribution in [0.15, 0.2) is 54.0 Å². The number of aryl methyl sites for hydroxylation is 1. The van der Waals surface area contributed by atoms with Gasteiger partial charge in [-0.2, -0.15) is 0 Å². The summed E-state index contributed by atoms with van der Waals surface area (Å²) in [6, 6.07) is 10.1. The minimum absolute atomic E-state index is 0.173. The van der Waals surface area contributed by atoms with E-state index in [0.29, 0.717) is 31.0 Å². The molecule has 3 nitrogen and oxygen atoms in total. The molecule has 0 aliphatic heterocycles. The second-order valence-corrected chi connectivity index (χ2v) is 4.65. The molecule has 0 aliphatic rings. The largest absolute Gasteiger partial charge is 0.498 e. The average Bonchev–Trinajstić information content (AvgIpc) is 2.51. The van der Waals surface area contributed by atoms with E-state index in [1.165, 1.54) is 5.56 Å². The Balaban J connectivity index is 2.80. The highest BCUT2D eigenvalue weighted by Crippen LogP contribution is 2.18. The molecule has 0 heterocycles. The van der Waals surface area contributed by atoms with Crippen molar-refractivity contribution in [1.29, 1.82) is 0 Å². The van der Waals surface area contributed by atoms with Crippen molar-refractivity contribution in [2.24, 2.45) is 0 Å². The summed E-state index contributed by atoms with van der Waals surface area (Å²) in [6.45, 7) is 10.1. The fourth-order valence-electron chi connectivity index (χ4n) is 2.02. The first-order valence-electron chi connectivity index (χ1n) is 7.33. The minimum atomic E-state index is -0.187. The number of Topliss-reactive ketones (excluding diaryl/α,β-unsaturated/α-hetero) is 1. The summed E-state index contributed by atoms with van der Waals surface area (Å²) >= 11 is 0. The van der Waals surface area contributed by atoms with Crippen LogP contribution in [0.25, 0.3) is 0 Å². The highest BCUT2D eigenvalue weighted by Gasteiger charge is 2.16. The molecule has 0 radical (unpaired) electrons. The molecule has 0 fully saturated rings. The zero-order chi connectivity index (χ0) is 15.7. The van der Waals surface area contributed by atoms with Crippen LogP contribution >= 0.6 is 0 Å². The van der Waals surface area contributed by atoms with Crippen LogP contribution in [-0.4, -0.2) is 19.0 Å². The Morgan fingerprint density at radius 3 is 2.29 bits per heavy atom. The Labute approximate surface area is 127 Å². The maximum Gasteiger partial charge on any atom is 0.225 e. The number of carbonyl (C=O) groups is 1. The molecule has 0 unspecified atom stereocenters. The second kappa shape index (κ2) is 9.01. The third kappa shape index (κ3) is 5.46. The van der Waals surface area contributed by atoms with Crippen molar-refractivity contribution < 1.29 is 14.3 Å². The summed E-state index contributed by atoms with van der Waals surface area (Å²) in [5, 5.41) is 0. The first kappa shape index (κ1) is 17.0. The summed E-state index contributed by atoms with van der Waals surface area (Å²) < 4.78 is 10.8. The van der Waals surface area contributed by atoms with Gasteiger partial charge < -0.3 is 9.47 Å². The van der Waals surface area contributed by atoms with Crippen molar-refractivity contribution >= 4 is 5.78 Å². The number of allylic oxidation sites excluding steroid dienone is 2. The number of benzene rings is 1. The number of hydrogen-bond acceptors (Lipinski definition) is 3. The molecule has 0 spiro atoms. The van der Waals surface area contributed by atoms with Gasteiger partial charge >= 0.3 is 0 Å². The zero-order valence-corrected chi connectivity index (χ0v) is 13.1. The lowest BCUT2D eigenvalue weighted by atomic mass is 10.0. The fourth-order valence-corrected chi connectivity index (χ4v) is 2.02. The summed E-state index contributed by atoms with van der Waals surface area (Å²) in [5.74, 6) is 0.701. The van der Waals surface area contributed by atoms with Crippen LogP contribution in [0.3, 0.4) is 0 Å². The summed E-state index contributed by atoms with van der Waals surface area (Å²) in [7, 11) is 0. The van der Waals surface area contributed by atoms with Crippen molar-refractivity contribution in [1.82, 2.24) is 0 Å². The molecular weight excluding hydrogens is 264 g/mol. The Morgan fingerprint density at radius 1 is 1.10 bits per heavy atom. The van der Waals surface area contributed by atoms with E-state index in [2.05, 4.69) is 18.7 Å². The molecule has 0 saturated carbocycles. The molecule has 0 atom stereocenters. The monoisotopic (exact) mass is 288 g/mol. The molecule has 1 aromatic rings. The summed E-state index contributed by atoms with van der Waals surface area (Å²) in [5.41, 5.74) is 1.80. The van der Waals surface area contributed by atoms with Gasteiger partial charge in [-0.25, -0.2) is 0 Å². The lowest BCUT2D eigenvalue weighted by molar-refractivity contribution is -0.115. The Morgan fingerprint density at radius 2 is 1.71 bits per heavy atom. The first-order chi connectivity index (χ1) is 10.1. The number of ether oxygens (including phenoxy) is 2. The van der Waals surface area contributed by atoms with Gasteiger partial charge in [0.2, 0.25) is 5.78 Å². The van der Waals surface area contributed by atoms with E-state index in [1.54, 1.807) is 6.92 Å². The Bertz CT molecular complexity index is 500. The van der Waals surface area contributed by atoms with Crippen LogP contribution in [0.5, 0.6) is 0 Å². The molecule has 0 amide bonds. The van der Waals surface area contributed by atoms with E-state index in [-0.39, 0.29) is 11.5 Å². The van der Waals surface area contributed by atoms with Crippen LogP contribution < -0.4 is 0 Å². The van der Waals surface area contributed by atoms with Crippen molar-refractivity contribution in [2.75, 3.05) is 13.2 Å². The third-order valence-electron chi connectivity index (χ3n) is 3.13. The number of hydrogen-bond donors (Lipinski definition) is 0. The van der Waals surface area contributed by atoms with E-state index in [9.17, 15) is 4.79 Å². The van der Waals surface area contributed by atoms with E-state index >= 15 is 0 Å². The van der Waals surface area contributed by atoms with Gasteiger partial charge in [-0.05, 0) is 32.8 Å². The summed E-state index contributed by atoms with van der Waals surface area (Å²) in [4.78, 5) is 12.2. The van der Waals surface area contributed by atoms with Crippen molar-refractivity contribution in [3.8, 4) is 0 Å². The molecule has 3 heteroatoms. The highest BCUT2D eigenvalue weighted by atomic mass is 16.5. The summed E-state index contributed by atoms with van der Waals surface area (Å²) in [6.07, 6.45) is 1.52. The highest BCUT2D eigenvalue weighted by molar-refractivity contribution is 6.06. The molecule has 1 aromatic carbocycles. The molecule has 0 aliphatic carbocycles. The van der Waals surface area contributed by atoms with Crippen LogP contribution in [0, 0.1) is 0 Å². The zero-order valence-electron chi connectivity index (χ0n) is 13.1. The van der Waals surface area contributed by atoms with Gasteiger partial charge in [-0.15, -0.1) is 0 Å². The molecule has 0 aromatic heterocycles. The second-order valence-electron chi connectivity index (χ2n) is 4.65. The topological polar surface area (TPSA) is 35.5 Å². The SMILES string of the molecule is C=C(OCC)C(=O)/C(C)=C(\CCc1ccccc1)OCC. The average molecular weight is 288 g/mol. The van der Waals surface area contributed by atoms with E-state index in [0.717, 1.165) is 6.42 Å². The van der Waals surface area contributed by atoms with Gasteiger partial charge in [0, 0.05) is 12.0 Å². The number of carbonyl (C=O) groups excluding carboxylic acids is 1. The number of ketones is 1. The van der Waals surface area contributed by atoms with Gasteiger partial charge in [-0.1, -0.05) is 36.9 Å². The molecule has 1 rings (SSSR count). The van der Waals surface area contributed by atoms with E-state index in [4.69, 9.17) is 9.47 Å². The standard InChI is InChI=1S/C18H24O3/c1-5-20-15(4)18(19)14(3)17(21-6-2)13-12-16-10-8-7-9-11-16/h7-11H,4-6,12-13H2,1-3H3/b17-14+. The van der Waals surface area contributed by atoms with Crippen LogP contribution in [0.1, 0.15) is 32.8 Å². The molecule has 0 saturated heterocycles. The van der Waals surface area contributed by atoms with Crippen LogP contribution in [0.4, 0.5) is 0 Å². The Hall–Kier alpha value is -2.03. The van der Waals surface area contributed by atoms with Crippen LogP contribution in [-0.2, 0) is 20.7 Å². The normalized spacial score (nSPS) is 11.6. The molecule has 0 bridgehead atoms. The Kier molecular flexibility index (Phi) is 7.30. The molecule has 114 valence electrons. The predicted octanol–water partition coefficient (Wildman–Crippen LogP) is 4.05. The fraction of sp³-hybridized carbons (Fsp3) is 0.389. The van der Waals surface area contributed by atoms with Gasteiger partial charge in [-0.3, -0.25) is 4.79 Å². The molecule has 0 N–H and O–H groups in total. The van der Waals surface area contributed by atoms with Crippen molar-refractivity contribution in [3.63, 3.8) is 0 Å². The van der Waals surface area contributed by atoms with E-state index in [1.807, 2.05) is 32.0 Å². The molecular formula is C18H24O3. The third-order valence-corrected chi connectivity index (χ3v) is 3.13. The van der Waals surface area contributed by atoms with Crippen LogP contribution in [0.2, 0.25) is 0 Å². The number of rotatable bonds is 9. The molecule has 21 heavy (non-hydrogen) atoms. The lowest BCUT2D eigenvalue weighted by Gasteiger charge is -2.13. The smallest absolute Gasteiger partial charge is 0.225 e.